The summed E-state index contributed by atoms with van der Waals surface area (Å²) in [6.07, 6.45) is 0. The molecule has 2 heteroatoms. The molecule has 0 N–H and O–H groups in total. The van der Waals surface area contributed by atoms with Crippen molar-refractivity contribution in [2.45, 2.75) is 0 Å². The lowest BCUT2D eigenvalue weighted by atomic mass is 9.96. The largest absolute Gasteiger partial charge is 0.455 e. The zero-order valence-electron chi connectivity index (χ0n) is 31.7. The van der Waals surface area contributed by atoms with Gasteiger partial charge in [0.2, 0.25) is 0 Å². The highest BCUT2D eigenvalue weighted by Gasteiger charge is 2.17. The van der Waals surface area contributed by atoms with Crippen LogP contribution in [0.25, 0.3) is 88.0 Å². The first-order valence-electron chi connectivity index (χ1n) is 19.8. The van der Waals surface area contributed by atoms with Crippen molar-refractivity contribution in [2.75, 3.05) is 4.90 Å². The van der Waals surface area contributed by atoms with Crippen molar-refractivity contribution in [3.05, 3.63) is 224 Å². The molecule has 11 rings (SSSR count). The Balaban J connectivity index is 1.00. The summed E-state index contributed by atoms with van der Waals surface area (Å²) < 4.78 is 6.43. The van der Waals surface area contributed by atoms with E-state index in [2.05, 4.69) is 217 Å². The van der Waals surface area contributed by atoms with Gasteiger partial charge in [-0.15, -0.1) is 0 Å². The maximum atomic E-state index is 6.43. The zero-order chi connectivity index (χ0) is 38.4. The Kier molecular flexibility index (Phi) is 8.19. The second-order valence-electron chi connectivity index (χ2n) is 14.9. The molecule has 0 aliphatic carbocycles. The Morgan fingerprint density at radius 1 is 0.276 bits per heavy atom. The molecule has 0 bridgehead atoms. The summed E-state index contributed by atoms with van der Waals surface area (Å²) in [5.41, 5.74) is 14.4. The number of para-hydroxylation sites is 2. The number of rotatable bonds is 7. The van der Waals surface area contributed by atoms with E-state index >= 15 is 0 Å². The minimum Gasteiger partial charge on any atom is -0.455 e. The number of nitrogens with zero attached hydrogens (tertiary/aromatic N) is 1. The lowest BCUT2D eigenvalue weighted by molar-refractivity contribution is 0.670. The van der Waals surface area contributed by atoms with E-state index in [1.54, 1.807) is 0 Å². The molecule has 1 aromatic heterocycles. The lowest BCUT2D eigenvalue weighted by Gasteiger charge is -2.26. The van der Waals surface area contributed by atoms with E-state index in [0.29, 0.717) is 0 Å². The molecule has 0 amide bonds. The Morgan fingerprint density at radius 3 is 1.57 bits per heavy atom. The number of benzene rings is 10. The van der Waals surface area contributed by atoms with Crippen LogP contribution in [0.15, 0.2) is 229 Å². The van der Waals surface area contributed by atoms with Crippen LogP contribution in [0.1, 0.15) is 0 Å². The van der Waals surface area contributed by atoms with Gasteiger partial charge in [0.1, 0.15) is 11.2 Å². The van der Waals surface area contributed by atoms with E-state index in [9.17, 15) is 0 Å². The van der Waals surface area contributed by atoms with E-state index in [1.165, 1.54) is 49.4 Å². The summed E-state index contributed by atoms with van der Waals surface area (Å²) in [6.45, 7) is 0. The Labute approximate surface area is 337 Å². The van der Waals surface area contributed by atoms with Crippen molar-refractivity contribution in [1.82, 2.24) is 0 Å². The summed E-state index contributed by atoms with van der Waals surface area (Å²) in [5.74, 6) is 0. The highest BCUT2D eigenvalue weighted by atomic mass is 16.3. The van der Waals surface area contributed by atoms with Gasteiger partial charge in [0.05, 0.1) is 0 Å². The summed E-state index contributed by atoms with van der Waals surface area (Å²) in [7, 11) is 0. The minimum absolute atomic E-state index is 0.905. The number of fused-ring (bicyclic) bond motifs is 5. The topological polar surface area (TPSA) is 16.4 Å². The maximum absolute atomic E-state index is 6.43. The first kappa shape index (κ1) is 33.6. The van der Waals surface area contributed by atoms with E-state index in [1.807, 2.05) is 12.1 Å². The summed E-state index contributed by atoms with van der Waals surface area (Å²) >= 11 is 0. The summed E-state index contributed by atoms with van der Waals surface area (Å²) in [4.78, 5) is 2.36. The van der Waals surface area contributed by atoms with Gasteiger partial charge in [0.25, 0.3) is 0 Å². The molecule has 0 radical (unpaired) electrons. The number of hydrogen-bond acceptors (Lipinski definition) is 2. The van der Waals surface area contributed by atoms with E-state index < -0.39 is 0 Å². The minimum atomic E-state index is 0.905. The van der Waals surface area contributed by atoms with E-state index in [-0.39, 0.29) is 0 Å². The van der Waals surface area contributed by atoms with Gasteiger partial charge in [-0.2, -0.15) is 0 Å². The Bertz CT molecular complexity index is 3280. The van der Waals surface area contributed by atoms with E-state index in [4.69, 9.17) is 4.42 Å². The highest BCUT2D eigenvalue weighted by Crippen LogP contribution is 2.41. The molecular weight excluding hydrogens is 703 g/mol. The summed E-state index contributed by atoms with van der Waals surface area (Å²) in [6, 6.07) is 80.7. The molecule has 0 aliphatic heterocycles. The predicted molar refractivity (Wildman–Crippen MR) is 245 cm³/mol. The van der Waals surface area contributed by atoms with Gasteiger partial charge in [-0.05, 0) is 115 Å². The quantitative estimate of drug-likeness (QED) is 0.162. The fourth-order valence-corrected chi connectivity index (χ4v) is 8.55. The average Bonchev–Trinajstić information content (AvgIpc) is 3.69. The maximum Gasteiger partial charge on any atom is 0.143 e. The molecule has 58 heavy (non-hydrogen) atoms. The molecule has 10 aromatic carbocycles. The Hall–Kier alpha value is -7.68. The molecule has 0 fully saturated rings. The fraction of sp³-hybridized carbons (Fsp3) is 0. The summed E-state index contributed by atoms with van der Waals surface area (Å²) in [5, 5.41) is 7.26. The second kappa shape index (κ2) is 14.1. The first-order valence-corrected chi connectivity index (χ1v) is 19.8. The third kappa shape index (κ3) is 6.00. The molecule has 1 heterocycles. The number of anilines is 3. The van der Waals surface area contributed by atoms with Crippen LogP contribution in [-0.4, -0.2) is 0 Å². The van der Waals surface area contributed by atoms with E-state index in [0.717, 1.165) is 55.7 Å². The van der Waals surface area contributed by atoms with Crippen molar-refractivity contribution in [3.63, 3.8) is 0 Å². The van der Waals surface area contributed by atoms with Gasteiger partial charge in [-0.3, -0.25) is 0 Å². The number of hydrogen-bond donors (Lipinski definition) is 0. The predicted octanol–water partition coefficient (Wildman–Crippen LogP) is 16.0. The molecule has 272 valence electrons. The van der Waals surface area contributed by atoms with Crippen LogP contribution in [-0.2, 0) is 0 Å². The molecule has 2 nitrogen and oxygen atoms in total. The second-order valence-corrected chi connectivity index (χ2v) is 14.9. The van der Waals surface area contributed by atoms with Gasteiger partial charge in [-0.25, -0.2) is 0 Å². The van der Waals surface area contributed by atoms with Crippen molar-refractivity contribution in [2.24, 2.45) is 0 Å². The average molecular weight is 740 g/mol. The molecule has 11 aromatic rings. The first-order chi connectivity index (χ1) is 28.7. The number of furan rings is 1. The van der Waals surface area contributed by atoms with Gasteiger partial charge in [-0.1, -0.05) is 170 Å². The third-order valence-corrected chi connectivity index (χ3v) is 11.4. The fourth-order valence-electron chi connectivity index (χ4n) is 8.55. The SMILES string of the molecule is c1cc(-c2cccc(N(c3ccc(-c4cccc5ccccc45)cc3)c3ccc(-c4cccc5c4oc4ccccc45)cc3)c2)cc(-c2ccc3ccccc3c2)c1. The monoisotopic (exact) mass is 739 g/mol. The molecule has 0 aliphatic rings. The van der Waals surface area contributed by atoms with Crippen molar-refractivity contribution in [1.29, 1.82) is 0 Å². The van der Waals surface area contributed by atoms with Crippen LogP contribution in [0.2, 0.25) is 0 Å². The molecular formula is C56H37NO. The van der Waals surface area contributed by atoms with Crippen LogP contribution < -0.4 is 4.90 Å². The van der Waals surface area contributed by atoms with Gasteiger partial charge < -0.3 is 9.32 Å². The van der Waals surface area contributed by atoms with Gasteiger partial charge in [0, 0.05) is 33.4 Å². The zero-order valence-corrected chi connectivity index (χ0v) is 31.7. The lowest BCUT2D eigenvalue weighted by Crippen LogP contribution is -2.10. The normalized spacial score (nSPS) is 11.4. The molecule has 0 saturated heterocycles. The van der Waals surface area contributed by atoms with Crippen molar-refractivity contribution in [3.8, 4) is 44.5 Å². The Morgan fingerprint density at radius 2 is 0.793 bits per heavy atom. The molecule has 0 spiro atoms. The third-order valence-electron chi connectivity index (χ3n) is 11.4. The van der Waals surface area contributed by atoms with Crippen LogP contribution in [0.3, 0.4) is 0 Å². The standard InChI is InChI=1S/C56H37NO/c1-2-13-42-35-46(26-25-38(42)11-1)44-16-7-15-43(36-44)45-17-8-18-49(37-45)57(47-31-27-40(28-32-47)51-21-9-14-39-12-3-4-19-50(39)51)48-33-29-41(30-34-48)52-22-10-23-54-53-20-5-6-24-55(53)58-56(52)54/h1-37H. The van der Waals surface area contributed by atoms with Crippen LogP contribution in [0.5, 0.6) is 0 Å². The van der Waals surface area contributed by atoms with Crippen LogP contribution in [0, 0.1) is 0 Å². The van der Waals surface area contributed by atoms with Gasteiger partial charge >= 0.3 is 0 Å². The van der Waals surface area contributed by atoms with Crippen LogP contribution in [0.4, 0.5) is 17.1 Å². The molecule has 0 saturated carbocycles. The van der Waals surface area contributed by atoms with Crippen LogP contribution >= 0.6 is 0 Å². The van der Waals surface area contributed by atoms with Crippen molar-refractivity contribution >= 4 is 60.5 Å². The molecule has 0 atom stereocenters. The van der Waals surface area contributed by atoms with Gasteiger partial charge in [0.15, 0.2) is 0 Å². The highest BCUT2D eigenvalue weighted by molar-refractivity contribution is 6.09. The van der Waals surface area contributed by atoms with Crippen molar-refractivity contribution < 1.29 is 4.42 Å². The smallest absolute Gasteiger partial charge is 0.143 e. The molecule has 0 unspecified atom stereocenters.